The van der Waals surface area contributed by atoms with E-state index in [9.17, 15) is 9.59 Å². The molecular formula is C40H50N3O7Si+. The van der Waals surface area contributed by atoms with E-state index < -0.39 is 20.3 Å². The van der Waals surface area contributed by atoms with Gasteiger partial charge in [0.05, 0.1) is 33.6 Å². The molecule has 0 aliphatic heterocycles. The Morgan fingerprint density at radius 2 is 1.45 bits per heavy atom. The third kappa shape index (κ3) is 7.95. The Bertz CT molecular complexity index is 1820. The van der Waals surface area contributed by atoms with Gasteiger partial charge in [0.15, 0.2) is 26.4 Å². The second-order valence-electron chi connectivity index (χ2n) is 14.5. The van der Waals surface area contributed by atoms with Crippen LogP contribution < -0.4 is 19.9 Å². The SMILES string of the molecule is COc1cc(-c2cc(C[N+](CCO[Si](C)(C)C(C)(C)C)(CC(N)=O)C(=O)OCC3c4ccccc4-c4ccccc43)ccn2)cc(OC)c1OC. The molecule has 5 rings (SSSR count). The molecule has 1 aliphatic rings. The van der Waals surface area contributed by atoms with Gasteiger partial charge < -0.3 is 29.1 Å². The minimum Gasteiger partial charge on any atom is -0.493 e. The van der Waals surface area contributed by atoms with E-state index in [0.717, 1.165) is 33.4 Å². The second kappa shape index (κ2) is 15.3. The number of amides is 2. The Morgan fingerprint density at radius 3 is 1.98 bits per heavy atom. The quantitative estimate of drug-likeness (QED) is 0.105. The molecular weight excluding hydrogens is 663 g/mol. The first-order valence-electron chi connectivity index (χ1n) is 17.1. The highest BCUT2D eigenvalue weighted by Gasteiger charge is 2.44. The molecule has 0 saturated heterocycles. The number of ether oxygens (including phenoxy) is 4. The van der Waals surface area contributed by atoms with Crippen LogP contribution >= 0.6 is 0 Å². The van der Waals surface area contributed by atoms with E-state index in [4.69, 9.17) is 29.1 Å². The second-order valence-corrected chi connectivity index (χ2v) is 19.3. The van der Waals surface area contributed by atoms with Crippen LogP contribution in [-0.2, 0) is 20.5 Å². The zero-order valence-electron chi connectivity index (χ0n) is 30.9. The van der Waals surface area contributed by atoms with Gasteiger partial charge in [-0.25, -0.2) is 4.48 Å². The predicted octanol–water partition coefficient (Wildman–Crippen LogP) is 7.55. The number of quaternary nitrogens is 1. The van der Waals surface area contributed by atoms with Gasteiger partial charge in [-0.3, -0.25) is 9.78 Å². The van der Waals surface area contributed by atoms with E-state index in [1.54, 1.807) is 27.5 Å². The van der Waals surface area contributed by atoms with Crippen LogP contribution in [0.2, 0.25) is 18.1 Å². The molecule has 3 aromatic carbocycles. The summed E-state index contributed by atoms with van der Waals surface area (Å²) in [6, 6.07) is 23.7. The molecule has 4 aromatic rings. The summed E-state index contributed by atoms with van der Waals surface area (Å²) in [4.78, 5) is 32.0. The van der Waals surface area contributed by atoms with Gasteiger partial charge in [0, 0.05) is 23.2 Å². The van der Waals surface area contributed by atoms with Gasteiger partial charge in [-0.05, 0) is 64.7 Å². The number of fused-ring (bicyclic) bond motifs is 3. The Hall–Kier alpha value is -4.71. The number of hydrogen-bond acceptors (Lipinski definition) is 8. The number of nitrogens with two attached hydrogens (primary N) is 1. The number of pyridine rings is 1. The molecule has 10 nitrogen and oxygen atoms in total. The Labute approximate surface area is 302 Å². The first kappa shape index (κ1) is 37.5. The molecule has 2 N–H and O–H groups in total. The number of rotatable bonds is 14. The fourth-order valence-electron chi connectivity index (χ4n) is 6.46. The van der Waals surface area contributed by atoms with Gasteiger partial charge in [-0.15, -0.1) is 0 Å². The summed E-state index contributed by atoms with van der Waals surface area (Å²) < 4.78 is 29.1. The molecule has 1 aromatic heterocycles. The molecule has 1 aliphatic carbocycles. The van der Waals surface area contributed by atoms with E-state index in [0.29, 0.717) is 22.9 Å². The normalized spacial score (nSPS) is 13.9. The molecule has 0 bridgehead atoms. The summed E-state index contributed by atoms with van der Waals surface area (Å²) in [6.07, 6.45) is 1.14. The van der Waals surface area contributed by atoms with Crippen LogP contribution in [-0.4, -0.2) is 77.4 Å². The maximum atomic E-state index is 14.6. The fourth-order valence-corrected chi connectivity index (χ4v) is 7.50. The van der Waals surface area contributed by atoms with Crippen molar-refractivity contribution in [1.82, 2.24) is 4.98 Å². The van der Waals surface area contributed by atoms with Gasteiger partial charge in [0.2, 0.25) is 5.75 Å². The van der Waals surface area contributed by atoms with Crippen LogP contribution in [0.4, 0.5) is 4.79 Å². The van der Waals surface area contributed by atoms with Crippen LogP contribution in [0.1, 0.15) is 43.4 Å². The highest BCUT2D eigenvalue weighted by atomic mass is 28.4. The molecule has 1 unspecified atom stereocenters. The minimum atomic E-state index is -2.19. The molecule has 1 heterocycles. The van der Waals surface area contributed by atoms with Gasteiger partial charge in [0.25, 0.3) is 5.91 Å². The first-order chi connectivity index (χ1) is 24.2. The lowest BCUT2D eigenvalue weighted by atomic mass is 9.98. The number of carbonyl (C=O) groups is 2. The number of primary amides is 1. The van der Waals surface area contributed by atoms with Crippen molar-refractivity contribution in [3.63, 3.8) is 0 Å². The largest absolute Gasteiger partial charge is 0.516 e. The highest BCUT2D eigenvalue weighted by Crippen LogP contribution is 2.45. The van der Waals surface area contributed by atoms with Gasteiger partial charge >= 0.3 is 6.09 Å². The molecule has 0 radical (unpaired) electrons. The molecule has 0 saturated carbocycles. The maximum absolute atomic E-state index is 14.6. The smallest absolute Gasteiger partial charge is 0.493 e. The van der Waals surface area contributed by atoms with Gasteiger partial charge in [-0.1, -0.05) is 69.3 Å². The first-order valence-corrected chi connectivity index (χ1v) is 20.0. The third-order valence-electron chi connectivity index (χ3n) is 10.2. The van der Waals surface area contributed by atoms with Crippen molar-refractivity contribution in [3.8, 4) is 39.6 Å². The number of methoxy groups -OCH3 is 3. The van der Waals surface area contributed by atoms with Crippen molar-refractivity contribution < 1.29 is 37.4 Å². The van der Waals surface area contributed by atoms with Crippen LogP contribution in [0.3, 0.4) is 0 Å². The summed E-state index contributed by atoms with van der Waals surface area (Å²) in [5.41, 5.74) is 12.5. The minimum absolute atomic E-state index is 0.0450. The Balaban J connectivity index is 1.50. The summed E-state index contributed by atoms with van der Waals surface area (Å²) in [5.74, 6) is 0.676. The number of hydrogen-bond donors (Lipinski definition) is 1. The van der Waals surface area contributed by atoms with E-state index >= 15 is 0 Å². The molecule has 51 heavy (non-hydrogen) atoms. The molecule has 11 heteroatoms. The lowest BCUT2D eigenvalue weighted by Crippen LogP contribution is -2.58. The summed E-state index contributed by atoms with van der Waals surface area (Å²) in [7, 11) is 2.47. The zero-order chi connectivity index (χ0) is 37.0. The lowest BCUT2D eigenvalue weighted by Gasteiger charge is -2.38. The summed E-state index contributed by atoms with van der Waals surface area (Å²) >= 11 is 0. The lowest BCUT2D eigenvalue weighted by molar-refractivity contribution is -0.863. The number of benzene rings is 3. The van der Waals surface area contributed by atoms with E-state index in [2.05, 4.69) is 63.1 Å². The number of aromatic nitrogens is 1. The predicted molar refractivity (Wildman–Crippen MR) is 200 cm³/mol. The van der Waals surface area contributed by atoms with Crippen molar-refractivity contribution in [2.24, 2.45) is 5.73 Å². The van der Waals surface area contributed by atoms with Crippen molar-refractivity contribution >= 4 is 20.3 Å². The van der Waals surface area contributed by atoms with E-state index in [-0.39, 0.29) is 48.3 Å². The molecule has 0 spiro atoms. The maximum Gasteiger partial charge on any atom is 0.516 e. The Morgan fingerprint density at radius 1 is 0.863 bits per heavy atom. The molecule has 0 fully saturated rings. The van der Waals surface area contributed by atoms with E-state index in [1.165, 1.54) is 0 Å². The van der Waals surface area contributed by atoms with Crippen LogP contribution in [0, 0.1) is 0 Å². The molecule has 2 amide bonds. The average molecular weight is 713 g/mol. The molecule has 270 valence electrons. The van der Waals surface area contributed by atoms with Crippen LogP contribution in [0.5, 0.6) is 17.2 Å². The van der Waals surface area contributed by atoms with Crippen LogP contribution in [0.15, 0.2) is 79.0 Å². The number of carbonyl (C=O) groups excluding carboxylic acids is 2. The van der Waals surface area contributed by atoms with Crippen molar-refractivity contribution in [2.45, 2.75) is 51.4 Å². The third-order valence-corrected chi connectivity index (χ3v) is 14.8. The zero-order valence-corrected chi connectivity index (χ0v) is 31.9. The monoisotopic (exact) mass is 712 g/mol. The van der Waals surface area contributed by atoms with E-state index in [1.807, 2.05) is 48.5 Å². The van der Waals surface area contributed by atoms with Crippen molar-refractivity contribution in [3.05, 3.63) is 95.7 Å². The summed E-state index contributed by atoms with van der Waals surface area (Å²) in [5, 5.41) is -0.0450. The Kier molecular flexibility index (Phi) is 11.2. The van der Waals surface area contributed by atoms with Crippen molar-refractivity contribution in [1.29, 1.82) is 0 Å². The fraction of sp³-hybridized carbons (Fsp3) is 0.375. The average Bonchev–Trinajstić information content (AvgIpc) is 3.42. The van der Waals surface area contributed by atoms with Gasteiger partial charge in [-0.2, -0.15) is 4.79 Å². The number of nitrogens with zero attached hydrogens (tertiary/aromatic N) is 2. The molecule has 1 atom stereocenters. The van der Waals surface area contributed by atoms with Crippen LogP contribution in [0.25, 0.3) is 22.4 Å². The van der Waals surface area contributed by atoms with Gasteiger partial charge in [0.1, 0.15) is 19.7 Å². The highest BCUT2D eigenvalue weighted by molar-refractivity contribution is 6.74. The van der Waals surface area contributed by atoms with Crippen molar-refractivity contribution in [2.75, 3.05) is 47.6 Å². The standard InChI is InChI=1S/C40H49N3O7Si/c1-40(2,3)51(7,8)50-20-19-43(25-37(41)44,39(45)49-26-33-31-15-11-9-13-29(31)30-14-10-12-16-32(30)33)24-27-17-18-42-34(21-27)28-22-35(46-4)38(48-6)36(23-28)47-5/h9-18,21-23,33H,19-20,24-26H2,1-8H3,(H-,41,44)/p+1. The topological polar surface area (TPSA) is 119 Å². The summed E-state index contributed by atoms with van der Waals surface area (Å²) in [6.45, 7) is 11.2.